The molecule has 3 saturated heterocycles. The molecule has 4 aliphatic heterocycles. The van der Waals surface area contributed by atoms with Crippen LogP contribution in [0.25, 0.3) is 11.0 Å². The van der Waals surface area contributed by atoms with E-state index in [1.165, 1.54) is 6.07 Å². The zero-order chi connectivity index (χ0) is 28.0. The normalized spacial score (nSPS) is 31.9. The third kappa shape index (κ3) is 3.73. The number of aromatic nitrogens is 1. The van der Waals surface area contributed by atoms with E-state index in [-0.39, 0.29) is 52.0 Å². The summed E-state index contributed by atoms with van der Waals surface area (Å²) in [7, 11) is 0. The fraction of sp³-hybridized carbons (Fsp3) is 0.516. The predicted octanol–water partition coefficient (Wildman–Crippen LogP) is 4.54. The van der Waals surface area contributed by atoms with Crippen molar-refractivity contribution in [3.63, 3.8) is 0 Å². The first-order valence-corrected chi connectivity index (χ1v) is 14.2. The number of anilines is 1. The van der Waals surface area contributed by atoms with Gasteiger partial charge in [0.1, 0.15) is 45.8 Å². The molecular weight excluding hydrogens is 512 g/mol. The second kappa shape index (κ2) is 8.70. The summed E-state index contributed by atoms with van der Waals surface area (Å²) in [5.74, 6) is 0.766. The van der Waals surface area contributed by atoms with Crippen LogP contribution in [0, 0.1) is 18.8 Å². The van der Waals surface area contributed by atoms with Crippen LogP contribution in [0.3, 0.4) is 0 Å². The number of nitrogen functional groups attached to an aromatic ring is 1. The second-order valence-electron chi connectivity index (χ2n) is 12.4. The van der Waals surface area contributed by atoms with Crippen LogP contribution in [0.1, 0.15) is 68.8 Å². The Morgan fingerprint density at radius 2 is 1.90 bits per heavy atom. The van der Waals surface area contributed by atoms with E-state index in [2.05, 4.69) is 4.98 Å². The molecule has 1 aromatic carbocycles. The number of nitrogens with two attached hydrogens (primary N) is 1. The van der Waals surface area contributed by atoms with Crippen LogP contribution in [-0.4, -0.2) is 39.5 Å². The highest BCUT2D eigenvalue weighted by molar-refractivity contribution is 5.88. The molecule has 9 nitrogen and oxygen atoms in total. The van der Waals surface area contributed by atoms with Crippen LogP contribution in [-0.2, 0) is 20.7 Å². The molecule has 40 heavy (non-hydrogen) atoms. The van der Waals surface area contributed by atoms with Crippen molar-refractivity contribution in [2.45, 2.75) is 88.6 Å². The maximum absolute atomic E-state index is 14.1. The number of fused-ring (bicyclic) bond motifs is 5. The molecule has 0 amide bonds. The van der Waals surface area contributed by atoms with Gasteiger partial charge in [0, 0.05) is 35.7 Å². The van der Waals surface area contributed by atoms with Crippen LogP contribution in [0.4, 0.5) is 5.82 Å². The molecule has 1 saturated carbocycles. The fourth-order valence-electron chi connectivity index (χ4n) is 7.69. The number of epoxide rings is 1. The van der Waals surface area contributed by atoms with Gasteiger partial charge >= 0.3 is 5.97 Å². The van der Waals surface area contributed by atoms with Crippen molar-refractivity contribution >= 4 is 22.8 Å². The predicted molar refractivity (Wildman–Crippen MR) is 146 cm³/mol. The molecule has 2 aromatic heterocycles. The van der Waals surface area contributed by atoms with E-state index in [4.69, 9.17) is 24.4 Å². The SMILES string of the molecule is Cc1cc(=O)c2c(O)c3c(cc2o1)OC(C)(C)C1OC(=O)C2(OC2CCc2ccnc(N)c2)C2CCC(CC2)C31. The largest absolute Gasteiger partial charge is 0.507 e. The van der Waals surface area contributed by atoms with Gasteiger partial charge in [0.2, 0.25) is 0 Å². The summed E-state index contributed by atoms with van der Waals surface area (Å²) in [6.07, 6.45) is 5.55. The van der Waals surface area contributed by atoms with Crippen LogP contribution in [0.15, 0.2) is 39.7 Å². The summed E-state index contributed by atoms with van der Waals surface area (Å²) >= 11 is 0. The highest BCUT2D eigenvalue weighted by Crippen LogP contribution is 2.59. The molecule has 1 spiro atoms. The Morgan fingerprint density at radius 3 is 2.65 bits per heavy atom. The van der Waals surface area contributed by atoms with E-state index >= 15 is 0 Å². The summed E-state index contributed by atoms with van der Waals surface area (Å²) < 4.78 is 24.9. The number of phenolic OH excluding ortho intramolecular Hbond substituents is 1. The molecule has 3 aromatic rings. The molecule has 4 atom stereocenters. The third-order valence-corrected chi connectivity index (χ3v) is 9.57. The topological polar surface area (TPSA) is 137 Å². The van der Waals surface area contributed by atoms with Crippen molar-refractivity contribution in [2.75, 3.05) is 5.73 Å². The summed E-state index contributed by atoms with van der Waals surface area (Å²) in [6, 6.07) is 6.86. The number of pyridine rings is 1. The van der Waals surface area contributed by atoms with E-state index in [1.54, 1.807) is 19.2 Å². The summed E-state index contributed by atoms with van der Waals surface area (Å²) in [6.45, 7) is 5.51. The van der Waals surface area contributed by atoms with E-state index in [9.17, 15) is 14.7 Å². The van der Waals surface area contributed by atoms with Crippen LogP contribution < -0.4 is 15.9 Å². The van der Waals surface area contributed by atoms with Crippen LogP contribution >= 0.6 is 0 Å². The van der Waals surface area contributed by atoms with Gasteiger partial charge in [0.15, 0.2) is 11.0 Å². The number of esters is 1. The van der Waals surface area contributed by atoms with Crippen molar-refractivity contribution in [3.8, 4) is 11.5 Å². The van der Waals surface area contributed by atoms with Gasteiger partial charge < -0.3 is 29.5 Å². The van der Waals surface area contributed by atoms with Crippen molar-refractivity contribution < 1.29 is 28.5 Å². The van der Waals surface area contributed by atoms with E-state index in [0.29, 0.717) is 29.3 Å². The zero-order valence-electron chi connectivity index (χ0n) is 22.9. The molecule has 9 heteroatoms. The number of hydrogen-bond acceptors (Lipinski definition) is 9. The minimum atomic E-state index is -0.973. The Kier molecular flexibility index (Phi) is 5.52. The van der Waals surface area contributed by atoms with Crippen molar-refractivity contribution in [2.24, 2.45) is 11.8 Å². The monoisotopic (exact) mass is 546 g/mol. The molecule has 4 fully saturated rings. The minimum Gasteiger partial charge on any atom is -0.507 e. The van der Waals surface area contributed by atoms with Gasteiger partial charge in [-0.25, -0.2) is 9.78 Å². The number of hydrogen-bond donors (Lipinski definition) is 2. The number of carbonyl (C=O) groups excluding carboxylic acids is 1. The lowest BCUT2D eigenvalue weighted by Crippen LogP contribution is -2.53. The highest BCUT2D eigenvalue weighted by atomic mass is 16.7. The van der Waals surface area contributed by atoms with E-state index in [0.717, 1.165) is 37.7 Å². The molecule has 4 unspecified atom stereocenters. The molecule has 6 heterocycles. The Labute approximate surface area is 231 Å². The molecule has 0 radical (unpaired) electrons. The first-order valence-electron chi connectivity index (χ1n) is 14.2. The Bertz CT molecular complexity index is 1590. The van der Waals surface area contributed by atoms with Gasteiger partial charge in [-0.05, 0) is 82.9 Å². The zero-order valence-corrected chi connectivity index (χ0v) is 22.9. The average molecular weight is 547 g/mol. The molecule has 8 rings (SSSR count). The maximum atomic E-state index is 14.1. The Balaban J connectivity index is 1.27. The lowest BCUT2D eigenvalue weighted by Gasteiger charge is -2.47. The first-order chi connectivity index (χ1) is 19.1. The summed E-state index contributed by atoms with van der Waals surface area (Å²) in [5, 5.41) is 11.7. The number of carbonyl (C=O) groups is 1. The lowest BCUT2D eigenvalue weighted by molar-refractivity contribution is -0.172. The summed E-state index contributed by atoms with van der Waals surface area (Å²) in [5.41, 5.74) is 5.55. The quantitative estimate of drug-likeness (QED) is 0.358. The van der Waals surface area contributed by atoms with Crippen LogP contribution in [0.2, 0.25) is 0 Å². The molecule has 210 valence electrons. The Morgan fingerprint density at radius 1 is 1.12 bits per heavy atom. The number of benzene rings is 1. The van der Waals surface area contributed by atoms with Gasteiger partial charge in [-0.15, -0.1) is 0 Å². The fourth-order valence-corrected chi connectivity index (χ4v) is 7.69. The van der Waals surface area contributed by atoms with E-state index < -0.39 is 17.3 Å². The minimum absolute atomic E-state index is 0.0626. The number of rotatable bonds is 3. The highest BCUT2D eigenvalue weighted by Gasteiger charge is 2.69. The summed E-state index contributed by atoms with van der Waals surface area (Å²) in [4.78, 5) is 31.0. The second-order valence-corrected chi connectivity index (χ2v) is 12.4. The third-order valence-electron chi connectivity index (χ3n) is 9.57. The first kappa shape index (κ1) is 25.4. The molecule has 2 bridgehead atoms. The standard InChI is InChI=1S/C31H34N2O7/c1-15-12-19(34)25-20(37-15)14-21-26(27(25)35)24-17-5-7-18(8-6-17)31(29(36)38-28(24)30(2,3)39-21)22(40-31)9-4-16-10-11-33-23(32)13-16/h10-14,17-18,22,24,28,35H,4-9H2,1-3H3,(H2,32,33). The van der Waals surface area contributed by atoms with Gasteiger partial charge in [-0.2, -0.15) is 0 Å². The molecular formula is C31H34N2O7. The van der Waals surface area contributed by atoms with Gasteiger partial charge in [0.05, 0.1) is 6.10 Å². The number of ether oxygens (including phenoxy) is 3. The van der Waals surface area contributed by atoms with Crippen molar-refractivity contribution in [1.29, 1.82) is 0 Å². The van der Waals surface area contributed by atoms with Crippen molar-refractivity contribution in [3.05, 3.63) is 57.6 Å². The number of aryl methyl sites for hydroxylation is 2. The average Bonchev–Trinajstić information content (AvgIpc) is 3.61. The van der Waals surface area contributed by atoms with Crippen molar-refractivity contribution in [1.82, 2.24) is 4.98 Å². The van der Waals surface area contributed by atoms with Crippen LogP contribution in [0.5, 0.6) is 11.5 Å². The van der Waals surface area contributed by atoms with Gasteiger partial charge in [-0.3, -0.25) is 4.79 Å². The van der Waals surface area contributed by atoms with Gasteiger partial charge in [0.25, 0.3) is 0 Å². The maximum Gasteiger partial charge on any atom is 0.341 e. The molecule has 3 N–H and O–H groups in total. The lowest BCUT2D eigenvalue weighted by atomic mass is 9.66. The molecule has 1 aliphatic carbocycles. The molecule has 5 aliphatic rings. The van der Waals surface area contributed by atoms with Gasteiger partial charge in [-0.1, -0.05) is 0 Å². The number of phenols is 1. The van der Waals surface area contributed by atoms with E-state index in [1.807, 2.05) is 26.0 Å². The number of aromatic hydroxyl groups is 1. The Hall–Kier alpha value is -3.59. The number of nitrogens with zero attached hydrogens (tertiary/aromatic N) is 1. The smallest absolute Gasteiger partial charge is 0.341 e.